The van der Waals surface area contributed by atoms with Gasteiger partial charge in [0.05, 0.1) is 5.02 Å². The van der Waals surface area contributed by atoms with E-state index in [1.165, 1.54) is 12.1 Å². The average molecular weight is 286 g/mol. The SMILES string of the molecule is NC(=O)N(Cc1ccc(Cl)c(F)c1)C1CCNCC1. The highest BCUT2D eigenvalue weighted by molar-refractivity contribution is 6.30. The maximum atomic E-state index is 13.4. The normalized spacial score (nSPS) is 16.3. The Morgan fingerprint density at radius 2 is 2.16 bits per heavy atom. The maximum absolute atomic E-state index is 13.4. The predicted octanol–water partition coefficient (Wildman–Crippen LogP) is 2.11. The molecule has 0 saturated carbocycles. The van der Waals surface area contributed by atoms with Crippen LogP contribution in [0.4, 0.5) is 9.18 Å². The zero-order chi connectivity index (χ0) is 13.8. The van der Waals surface area contributed by atoms with E-state index in [9.17, 15) is 9.18 Å². The van der Waals surface area contributed by atoms with Gasteiger partial charge in [-0.2, -0.15) is 0 Å². The summed E-state index contributed by atoms with van der Waals surface area (Å²) in [6.45, 7) is 2.04. The molecular formula is C13H17ClFN3O. The molecule has 1 aromatic rings. The van der Waals surface area contributed by atoms with Crippen molar-refractivity contribution in [3.8, 4) is 0 Å². The van der Waals surface area contributed by atoms with Crippen molar-refractivity contribution in [3.05, 3.63) is 34.6 Å². The summed E-state index contributed by atoms with van der Waals surface area (Å²) in [5.41, 5.74) is 6.12. The number of nitrogens with two attached hydrogens (primary N) is 1. The quantitative estimate of drug-likeness (QED) is 0.894. The van der Waals surface area contributed by atoms with Gasteiger partial charge < -0.3 is 16.0 Å². The molecule has 1 aromatic carbocycles. The van der Waals surface area contributed by atoms with Gasteiger partial charge in [-0.05, 0) is 43.6 Å². The van der Waals surface area contributed by atoms with E-state index in [1.54, 1.807) is 11.0 Å². The molecule has 1 fully saturated rings. The van der Waals surface area contributed by atoms with Crippen LogP contribution in [-0.4, -0.2) is 30.1 Å². The number of halogens is 2. The minimum atomic E-state index is -0.478. The molecule has 0 unspecified atom stereocenters. The molecule has 0 spiro atoms. The van der Waals surface area contributed by atoms with Crippen molar-refractivity contribution in [1.82, 2.24) is 10.2 Å². The second-order valence-corrected chi connectivity index (χ2v) is 5.10. The Balaban J connectivity index is 2.11. The zero-order valence-electron chi connectivity index (χ0n) is 10.5. The van der Waals surface area contributed by atoms with Crippen molar-refractivity contribution in [2.45, 2.75) is 25.4 Å². The predicted molar refractivity (Wildman–Crippen MR) is 72.4 cm³/mol. The van der Waals surface area contributed by atoms with Crippen LogP contribution in [0.25, 0.3) is 0 Å². The van der Waals surface area contributed by atoms with Crippen molar-refractivity contribution in [1.29, 1.82) is 0 Å². The fourth-order valence-corrected chi connectivity index (χ4v) is 2.46. The van der Waals surface area contributed by atoms with E-state index in [0.29, 0.717) is 12.1 Å². The maximum Gasteiger partial charge on any atom is 0.315 e. The van der Waals surface area contributed by atoms with E-state index in [4.69, 9.17) is 17.3 Å². The number of amides is 2. The Bertz CT molecular complexity index is 463. The summed E-state index contributed by atoms with van der Waals surface area (Å²) in [7, 11) is 0. The third-order valence-corrected chi connectivity index (χ3v) is 3.68. The Kier molecular flexibility index (Phi) is 4.61. The van der Waals surface area contributed by atoms with Crippen molar-refractivity contribution in [2.24, 2.45) is 5.73 Å². The third kappa shape index (κ3) is 3.58. The summed E-state index contributed by atoms with van der Waals surface area (Å²) in [5.74, 6) is -0.478. The zero-order valence-corrected chi connectivity index (χ0v) is 11.3. The molecule has 3 N–H and O–H groups in total. The lowest BCUT2D eigenvalue weighted by Crippen LogP contribution is -2.47. The van der Waals surface area contributed by atoms with Gasteiger partial charge in [-0.1, -0.05) is 17.7 Å². The summed E-state index contributed by atoms with van der Waals surface area (Å²) in [6.07, 6.45) is 1.72. The van der Waals surface area contributed by atoms with Crippen molar-refractivity contribution in [2.75, 3.05) is 13.1 Å². The van der Waals surface area contributed by atoms with E-state index in [1.807, 2.05) is 0 Å². The molecule has 19 heavy (non-hydrogen) atoms. The molecule has 0 atom stereocenters. The summed E-state index contributed by atoms with van der Waals surface area (Å²) in [6, 6.07) is 4.19. The van der Waals surface area contributed by atoms with Crippen LogP contribution in [0.2, 0.25) is 5.02 Å². The molecule has 6 heteroatoms. The number of hydrogen-bond donors (Lipinski definition) is 2. The van der Waals surface area contributed by atoms with Crippen LogP contribution in [0.3, 0.4) is 0 Å². The topological polar surface area (TPSA) is 58.4 Å². The van der Waals surface area contributed by atoms with Gasteiger partial charge >= 0.3 is 6.03 Å². The summed E-state index contributed by atoms with van der Waals surface area (Å²) < 4.78 is 13.4. The highest BCUT2D eigenvalue weighted by atomic mass is 35.5. The van der Waals surface area contributed by atoms with Gasteiger partial charge in [0.1, 0.15) is 5.82 Å². The molecule has 2 amide bonds. The summed E-state index contributed by atoms with van der Waals surface area (Å²) >= 11 is 5.64. The molecule has 1 aliphatic rings. The van der Waals surface area contributed by atoms with Crippen LogP contribution in [0.15, 0.2) is 18.2 Å². The van der Waals surface area contributed by atoms with Crippen molar-refractivity contribution < 1.29 is 9.18 Å². The monoisotopic (exact) mass is 285 g/mol. The van der Waals surface area contributed by atoms with Gasteiger partial charge in [-0.25, -0.2) is 9.18 Å². The molecule has 1 aliphatic heterocycles. The number of primary amides is 1. The molecule has 4 nitrogen and oxygen atoms in total. The molecule has 1 heterocycles. The van der Waals surface area contributed by atoms with Crippen LogP contribution in [-0.2, 0) is 6.54 Å². The fourth-order valence-electron chi connectivity index (χ4n) is 2.34. The van der Waals surface area contributed by atoms with Crippen molar-refractivity contribution >= 4 is 17.6 Å². The Labute approximate surface area is 116 Å². The largest absolute Gasteiger partial charge is 0.351 e. The van der Waals surface area contributed by atoms with Gasteiger partial charge in [0.15, 0.2) is 0 Å². The minimum absolute atomic E-state index is 0.0799. The number of carbonyl (C=O) groups excluding carboxylic acids is 1. The van der Waals surface area contributed by atoms with Gasteiger partial charge in [-0.15, -0.1) is 0 Å². The highest BCUT2D eigenvalue weighted by Gasteiger charge is 2.23. The summed E-state index contributed by atoms with van der Waals surface area (Å²) in [5, 5.41) is 3.31. The van der Waals surface area contributed by atoms with Gasteiger partial charge in [0.2, 0.25) is 0 Å². The van der Waals surface area contributed by atoms with E-state index in [0.717, 1.165) is 25.9 Å². The molecule has 104 valence electrons. The van der Waals surface area contributed by atoms with Gasteiger partial charge in [-0.3, -0.25) is 0 Å². The van der Waals surface area contributed by atoms with Crippen LogP contribution in [0.1, 0.15) is 18.4 Å². The highest BCUT2D eigenvalue weighted by Crippen LogP contribution is 2.19. The van der Waals surface area contributed by atoms with E-state index in [2.05, 4.69) is 5.32 Å². The lowest BCUT2D eigenvalue weighted by atomic mass is 10.0. The number of benzene rings is 1. The number of urea groups is 1. The number of nitrogens with one attached hydrogen (secondary N) is 1. The third-order valence-electron chi connectivity index (χ3n) is 3.37. The molecule has 2 rings (SSSR count). The second kappa shape index (κ2) is 6.21. The Morgan fingerprint density at radius 1 is 1.47 bits per heavy atom. The lowest BCUT2D eigenvalue weighted by Gasteiger charge is -2.33. The first-order valence-electron chi connectivity index (χ1n) is 6.28. The molecule has 0 bridgehead atoms. The van der Waals surface area contributed by atoms with Crippen LogP contribution in [0, 0.1) is 5.82 Å². The van der Waals surface area contributed by atoms with Crippen molar-refractivity contribution in [3.63, 3.8) is 0 Å². The standard InChI is InChI=1S/C13H17ClFN3O/c14-11-2-1-9(7-12(11)15)8-18(13(16)19)10-3-5-17-6-4-10/h1-2,7,10,17H,3-6,8H2,(H2,16,19). The first-order chi connectivity index (χ1) is 9.08. The first-order valence-corrected chi connectivity index (χ1v) is 6.66. The van der Waals surface area contributed by atoms with E-state index in [-0.39, 0.29) is 11.1 Å². The number of rotatable bonds is 3. The number of carbonyl (C=O) groups is 1. The smallest absolute Gasteiger partial charge is 0.315 e. The minimum Gasteiger partial charge on any atom is -0.351 e. The van der Waals surface area contributed by atoms with Crippen LogP contribution in [0.5, 0.6) is 0 Å². The van der Waals surface area contributed by atoms with Gasteiger partial charge in [0.25, 0.3) is 0 Å². The fraction of sp³-hybridized carbons (Fsp3) is 0.462. The molecule has 0 aromatic heterocycles. The number of piperidine rings is 1. The average Bonchev–Trinajstić information content (AvgIpc) is 2.40. The van der Waals surface area contributed by atoms with Crippen LogP contribution < -0.4 is 11.1 Å². The lowest BCUT2D eigenvalue weighted by molar-refractivity contribution is 0.162. The second-order valence-electron chi connectivity index (χ2n) is 4.70. The number of nitrogens with zero attached hydrogens (tertiary/aromatic N) is 1. The molecule has 0 aliphatic carbocycles. The Morgan fingerprint density at radius 3 is 2.74 bits per heavy atom. The van der Waals surface area contributed by atoms with E-state index < -0.39 is 11.8 Å². The first kappa shape index (κ1) is 14.1. The molecule has 1 saturated heterocycles. The molecule has 0 radical (unpaired) electrons. The number of hydrogen-bond acceptors (Lipinski definition) is 2. The Hall–Kier alpha value is -1.33. The summed E-state index contributed by atoms with van der Waals surface area (Å²) in [4.78, 5) is 13.2. The van der Waals surface area contributed by atoms with E-state index >= 15 is 0 Å². The van der Waals surface area contributed by atoms with Crippen LogP contribution >= 0.6 is 11.6 Å². The molecular weight excluding hydrogens is 269 g/mol. The van der Waals surface area contributed by atoms with Gasteiger partial charge in [0, 0.05) is 12.6 Å².